The van der Waals surface area contributed by atoms with Gasteiger partial charge in [-0.15, -0.1) is 0 Å². The molecule has 5 nitrogen and oxygen atoms in total. The molecule has 0 spiro atoms. The topological polar surface area (TPSA) is 78.4 Å². The minimum Gasteiger partial charge on any atom is -0.480 e. The van der Waals surface area contributed by atoms with E-state index >= 15 is 0 Å². The number of hydrogen-bond acceptors (Lipinski definition) is 3. The number of piperidine rings is 1. The van der Waals surface area contributed by atoms with Gasteiger partial charge in [0, 0.05) is 0 Å². The smallest absolute Gasteiger partial charge is 0.329 e. The number of amides is 1. The lowest BCUT2D eigenvalue weighted by Crippen LogP contribution is -2.58. The standard InChI is InChI=1S/C12H20N2O3/c1-11(2)4-3-7-13-8(11)9(15)14-12(5-6-12)10(16)17/h8,13H,3-7H2,1-2H3,(H,14,15)(H,16,17). The second-order valence-electron chi connectivity index (χ2n) is 5.86. The zero-order valence-corrected chi connectivity index (χ0v) is 10.4. The summed E-state index contributed by atoms with van der Waals surface area (Å²) in [4.78, 5) is 23.2. The number of nitrogens with one attached hydrogen (secondary N) is 2. The molecule has 1 unspecified atom stereocenters. The Morgan fingerprint density at radius 1 is 1.29 bits per heavy atom. The maximum atomic E-state index is 12.1. The van der Waals surface area contributed by atoms with Crippen molar-refractivity contribution in [1.29, 1.82) is 0 Å². The Labute approximate surface area is 101 Å². The van der Waals surface area contributed by atoms with E-state index in [-0.39, 0.29) is 17.4 Å². The normalized spacial score (nSPS) is 29.4. The summed E-state index contributed by atoms with van der Waals surface area (Å²) in [5, 5.41) is 14.9. The Balaban J connectivity index is 2.02. The highest BCUT2D eigenvalue weighted by Crippen LogP contribution is 2.37. The van der Waals surface area contributed by atoms with Crippen molar-refractivity contribution in [3.05, 3.63) is 0 Å². The van der Waals surface area contributed by atoms with Gasteiger partial charge in [0.25, 0.3) is 0 Å². The van der Waals surface area contributed by atoms with Crippen LogP contribution < -0.4 is 10.6 Å². The number of rotatable bonds is 3. The average Bonchev–Trinajstić information content (AvgIpc) is 2.97. The molecule has 1 aliphatic heterocycles. The molecule has 17 heavy (non-hydrogen) atoms. The van der Waals surface area contributed by atoms with Crippen LogP contribution in [0.4, 0.5) is 0 Å². The Kier molecular flexibility index (Phi) is 2.89. The molecule has 0 bridgehead atoms. The van der Waals surface area contributed by atoms with Crippen LogP contribution in [0.15, 0.2) is 0 Å². The maximum Gasteiger partial charge on any atom is 0.329 e. The maximum absolute atomic E-state index is 12.1. The molecule has 1 saturated carbocycles. The molecule has 1 aliphatic carbocycles. The molecule has 1 saturated heterocycles. The third-order valence-electron chi connectivity index (χ3n) is 3.91. The molecule has 2 fully saturated rings. The van der Waals surface area contributed by atoms with E-state index in [1.807, 2.05) is 13.8 Å². The van der Waals surface area contributed by atoms with Crippen molar-refractivity contribution >= 4 is 11.9 Å². The fourth-order valence-corrected chi connectivity index (χ4v) is 2.48. The molecule has 0 radical (unpaired) electrons. The van der Waals surface area contributed by atoms with Gasteiger partial charge in [-0.1, -0.05) is 13.8 Å². The Morgan fingerprint density at radius 2 is 1.94 bits per heavy atom. The van der Waals surface area contributed by atoms with E-state index in [2.05, 4.69) is 10.6 Å². The van der Waals surface area contributed by atoms with E-state index < -0.39 is 11.5 Å². The minimum atomic E-state index is -0.980. The number of hydrogen-bond donors (Lipinski definition) is 3. The van der Waals surface area contributed by atoms with Gasteiger partial charge in [-0.3, -0.25) is 4.79 Å². The van der Waals surface area contributed by atoms with E-state index in [1.165, 1.54) is 0 Å². The molecule has 96 valence electrons. The summed E-state index contributed by atoms with van der Waals surface area (Å²) in [6.45, 7) is 4.91. The molecule has 0 aromatic heterocycles. The molecule has 0 aromatic rings. The molecule has 1 atom stereocenters. The van der Waals surface area contributed by atoms with Crippen molar-refractivity contribution in [2.24, 2.45) is 5.41 Å². The van der Waals surface area contributed by atoms with Crippen LogP contribution in [-0.4, -0.2) is 35.1 Å². The number of carbonyl (C=O) groups excluding carboxylic acids is 1. The fourth-order valence-electron chi connectivity index (χ4n) is 2.48. The Morgan fingerprint density at radius 3 is 2.41 bits per heavy atom. The zero-order valence-electron chi connectivity index (χ0n) is 10.4. The monoisotopic (exact) mass is 240 g/mol. The Hall–Kier alpha value is -1.10. The number of carbonyl (C=O) groups is 2. The van der Waals surface area contributed by atoms with Gasteiger partial charge < -0.3 is 15.7 Å². The van der Waals surface area contributed by atoms with Crippen LogP contribution in [0.25, 0.3) is 0 Å². The number of carboxylic acid groups (broad SMARTS) is 1. The summed E-state index contributed by atoms with van der Waals surface area (Å²) in [5.74, 6) is -1.09. The summed E-state index contributed by atoms with van der Waals surface area (Å²) in [6, 6.07) is -0.284. The van der Waals surface area contributed by atoms with Gasteiger partial charge in [0.1, 0.15) is 5.54 Å². The van der Waals surface area contributed by atoms with E-state index in [0.29, 0.717) is 12.8 Å². The van der Waals surface area contributed by atoms with Crippen molar-refractivity contribution in [3.8, 4) is 0 Å². The van der Waals surface area contributed by atoms with Gasteiger partial charge in [-0.05, 0) is 37.6 Å². The molecule has 5 heteroatoms. The second kappa shape index (κ2) is 3.98. The third-order valence-corrected chi connectivity index (χ3v) is 3.91. The van der Waals surface area contributed by atoms with Crippen LogP contribution in [0.3, 0.4) is 0 Å². The summed E-state index contributed by atoms with van der Waals surface area (Å²) in [6.07, 6.45) is 3.13. The highest BCUT2D eigenvalue weighted by Gasteiger charge is 2.53. The lowest BCUT2D eigenvalue weighted by molar-refractivity contribution is -0.144. The average molecular weight is 240 g/mol. The largest absolute Gasteiger partial charge is 0.480 e. The first-order chi connectivity index (χ1) is 7.87. The van der Waals surface area contributed by atoms with Crippen LogP contribution in [0.5, 0.6) is 0 Å². The van der Waals surface area contributed by atoms with Crippen LogP contribution in [-0.2, 0) is 9.59 Å². The van der Waals surface area contributed by atoms with Crippen LogP contribution in [0.2, 0.25) is 0 Å². The van der Waals surface area contributed by atoms with Crippen LogP contribution in [0.1, 0.15) is 39.5 Å². The summed E-state index contributed by atoms with van der Waals surface area (Å²) < 4.78 is 0. The van der Waals surface area contributed by atoms with Gasteiger partial charge in [0.2, 0.25) is 5.91 Å². The summed E-state index contributed by atoms with van der Waals surface area (Å²) in [7, 11) is 0. The van der Waals surface area contributed by atoms with Crippen molar-refractivity contribution in [1.82, 2.24) is 10.6 Å². The van der Waals surface area contributed by atoms with Crippen molar-refractivity contribution in [2.75, 3.05) is 6.54 Å². The molecule has 3 N–H and O–H groups in total. The SMILES string of the molecule is CC1(C)CCCNC1C(=O)NC1(C(=O)O)CC1. The highest BCUT2D eigenvalue weighted by atomic mass is 16.4. The third kappa shape index (κ3) is 2.29. The zero-order chi connectivity index (χ0) is 12.7. The van der Waals surface area contributed by atoms with Crippen molar-refractivity contribution < 1.29 is 14.7 Å². The van der Waals surface area contributed by atoms with Gasteiger partial charge >= 0.3 is 5.97 Å². The number of aliphatic carboxylic acids is 1. The first kappa shape index (κ1) is 12.4. The molecule has 2 rings (SSSR count). The van der Waals surface area contributed by atoms with E-state index in [1.54, 1.807) is 0 Å². The van der Waals surface area contributed by atoms with Gasteiger partial charge in [0.15, 0.2) is 0 Å². The quantitative estimate of drug-likeness (QED) is 0.671. The van der Waals surface area contributed by atoms with Gasteiger partial charge in [-0.2, -0.15) is 0 Å². The number of carboxylic acids is 1. The fraction of sp³-hybridized carbons (Fsp3) is 0.833. The summed E-state index contributed by atoms with van der Waals surface area (Å²) >= 11 is 0. The molecule has 2 aliphatic rings. The molecular formula is C12H20N2O3. The van der Waals surface area contributed by atoms with E-state index in [9.17, 15) is 9.59 Å². The molecular weight excluding hydrogens is 220 g/mol. The van der Waals surface area contributed by atoms with Crippen molar-refractivity contribution in [3.63, 3.8) is 0 Å². The lowest BCUT2D eigenvalue weighted by atomic mass is 9.77. The van der Waals surface area contributed by atoms with Gasteiger partial charge in [0.05, 0.1) is 6.04 Å². The molecule has 1 heterocycles. The summed E-state index contributed by atoms with van der Waals surface area (Å²) in [5.41, 5.74) is -1.09. The predicted molar refractivity (Wildman–Crippen MR) is 62.5 cm³/mol. The van der Waals surface area contributed by atoms with E-state index in [0.717, 1.165) is 19.4 Å². The van der Waals surface area contributed by atoms with Crippen molar-refractivity contribution in [2.45, 2.75) is 51.1 Å². The lowest BCUT2D eigenvalue weighted by Gasteiger charge is -2.38. The molecule has 1 amide bonds. The van der Waals surface area contributed by atoms with Crippen LogP contribution >= 0.6 is 0 Å². The first-order valence-corrected chi connectivity index (χ1v) is 6.16. The van der Waals surface area contributed by atoms with Crippen LogP contribution in [0, 0.1) is 5.41 Å². The highest BCUT2D eigenvalue weighted by molar-refractivity contribution is 5.92. The van der Waals surface area contributed by atoms with E-state index in [4.69, 9.17) is 5.11 Å². The predicted octanol–water partition coefficient (Wildman–Crippen LogP) is 0.498. The second-order valence-corrected chi connectivity index (χ2v) is 5.86. The minimum absolute atomic E-state index is 0.114. The molecule has 0 aromatic carbocycles. The first-order valence-electron chi connectivity index (χ1n) is 6.16. The Bertz CT molecular complexity index is 348. The van der Waals surface area contributed by atoms with Gasteiger partial charge in [-0.25, -0.2) is 4.79 Å².